The lowest BCUT2D eigenvalue weighted by Crippen LogP contribution is -2.30. The predicted molar refractivity (Wildman–Crippen MR) is 161 cm³/mol. The maximum absolute atomic E-state index is 13.5. The number of nitrogens with zero attached hydrogens (tertiary/aromatic N) is 5. The van der Waals surface area contributed by atoms with E-state index in [0.29, 0.717) is 46.1 Å². The molecule has 0 aliphatic carbocycles. The van der Waals surface area contributed by atoms with Crippen molar-refractivity contribution in [1.29, 1.82) is 0 Å². The molecule has 1 unspecified atom stereocenters. The number of aromatic nitrogens is 4. The number of thioether (sulfide) groups is 1. The maximum atomic E-state index is 13.5. The number of hydrogen-bond donors (Lipinski definition) is 0. The highest BCUT2D eigenvalue weighted by atomic mass is 32.2. The molecule has 10 nitrogen and oxygen atoms in total. The van der Waals surface area contributed by atoms with Crippen molar-refractivity contribution in [3.05, 3.63) is 89.7 Å². The second kappa shape index (κ2) is 10.1. The molecule has 0 radical (unpaired) electrons. The molecule has 1 atom stereocenters. The van der Waals surface area contributed by atoms with Crippen molar-refractivity contribution in [3.8, 4) is 51.2 Å². The molecule has 3 aromatic carbocycles. The molecule has 3 aliphatic rings. The molecule has 0 saturated carbocycles. The van der Waals surface area contributed by atoms with Gasteiger partial charge in [-0.3, -0.25) is 9.69 Å². The Labute approximate surface area is 251 Å². The molecule has 8 rings (SSSR count). The van der Waals surface area contributed by atoms with Gasteiger partial charge in [-0.05, 0) is 67.9 Å². The third-order valence-electron chi connectivity index (χ3n) is 7.70. The molecule has 11 heteroatoms. The minimum absolute atomic E-state index is 0.0742. The van der Waals surface area contributed by atoms with Crippen LogP contribution in [0.1, 0.15) is 22.3 Å². The van der Waals surface area contributed by atoms with E-state index in [4.69, 9.17) is 34.0 Å². The van der Waals surface area contributed by atoms with Crippen LogP contribution in [0.5, 0.6) is 23.0 Å². The zero-order valence-electron chi connectivity index (χ0n) is 23.3. The molecule has 3 aliphatic heterocycles. The first-order chi connectivity index (χ1) is 21.0. The number of fused-ring (bicyclic) bond motifs is 2. The number of carbonyl (C=O) groups excluding carboxylic acids is 1. The van der Waals surface area contributed by atoms with Gasteiger partial charge in [0.2, 0.25) is 25.4 Å². The standard InChI is InChI=1S/C32H25N5O5S/c1-18-30(19(2)37(35-18)22-6-4-3-5-7-22)24-14-23(20-8-10-25-27(12-20)41-16-39-25)33-32(34-24)36-29(38)15-43-31(36)21-9-11-26-28(13-21)42-17-40-26/h3-14,31H,15-17H2,1-2H3. The SMILES string of the molecule is Cc1nn(-c2ccccc2)c(C)c1-c1cc(-c2ccc3c(c2)OCO3)nc(N2C(=O)CSC2c2ccc3c(c2)OCO3)n1. The van der Waals surface area contributed by atoms with Crippen LogP contribution < -0.4 is 23.8 Å². The second-order valence-electron chi connectivity index (χ2n) is 10.3. The van der Waals surface area contributed by atoms with Gasteiger partial charge < -0.3 is 18.9 Å². The lowest BCUT2D eigenvalue weighted by atomic mass is 10.1. The molecule has 0 N–H and O–H groups in total. The Balaban J connectivity index is 1.29. The topological polar surface area (TPSA) is 101 Å². The Morgan fingerprint density at radius 3 is 2.28 bits per heavy atom. The van der Waals surface area contributed by atoms with E-state index in [2.05, 4.69) is 0 Å². The summed E-state index contributed by atoms with van der Waals surface area (Å²) < 4.78 is 24.2. The number of rotatable bonds is 5. The van der Waals surface area contributed by atoms with Gasteiger partial charge in [0, 0.05) is 11.1 Å². The van der Waals surface area contributed by atoms with Crippen molar-refractivity contribution >= 4 is 23.6 Å². The fraction of sp³-hybridized carbons (Fsp3) is 0.188. The summed E-state index contributed by atoms with van der Waals surface area (Å²) in [5.41, 5.74) is 6.63. The molecule has 2 aromatic heterocycles. The number of ether oxygens (including phenoxy) is 4. The number of aryl methyl sites for hydroxylation is 1. The van der Waals surface area contributed by atoms with Crippen LogP contribution in [-0.4, -0.2) is 45.0 Å². The molecule has 214 valence electrons. The number of para-hydroxylation sites is 1. The average Bonchev–Trinajstić information content (AvgIpc) is 3.83. The van der Waals surface area contributed by atoms with Gasteiger partial charge in [-0.1, -0.05) is 24.3 Å². The van der Waals surface area contributed by atoms with Crippen LogP contribution in [0.3, 0.4) is 0 Å². The van der Waals surface area contributed by atoms with Crippen molar-refractivity contribution < 1.29 is 23.7 Å². The van der Waals surface area contributed by atoms with Gasteiger partial charge in [0.1, 0.15) is 5.37 Å². The van der Waals surface area contributed by atoms with Crippen LogP contribution in [0.15, 0.2) is 72.8 Å². The highest BCUT2D eigenvalue weighted by Gasteiger charge is 2.37. The van der Waals surface area contributed by atoms with E-state index >= 15 is 0 Å². The number of carbonyl (C=O) groups is 1. The fourth-order valence-electron chi connectivity index (χ4n) is 5.66. The third-order valence-corrected chi connectivity index (χ3v) is 8.91. The van der Waals surface area contributed by atoms with Crippen molar-refractivity contribution in [3.63, 3.8) is 0 Å². The molecule has 0 spiro atoms. The van der Waals surface area contributed by atoms with E-state index < -0.39 is 0 Å². The highest BCUT2D eigenvalue weighted by molar-refractivity contribution is 8.00. The van der Waals surface area contributed by atoms with Crippen LogP contribution in [0, 0.1) is 13.8 Å². The largest absolute Gasteiger partial charge is 0.454 e. The fourth-order valence-corrected chi connectivity index (χ4v) is 6.80. The van der Waals surface area contributed by atoms with E-state index in [1.807, 2.05) is 91.3 Å². The van der Waals surface area contributed by atoms with Gasteiger partial charge in [-0.15, -0.1) is 11.8 Å². The summed E-state index contributed by atoms with van der Waals surface area (Å²) in [7, 11) is 0. The van der Waals surface area contributed by atoms with E-state index in [9.17, 15) is 4.79 Å². The normalized spacial score (nSPS) is 16.7. The second-order valence-corrected chi connectivity index (χ2v) is 11.4. The summed E-state index contributed by atoms with van der Waals surface area (Å²) in [5, 5.41) is 4.52. The van der Waals surface area contributed by atoms with Gasteiger partial charge in [0.15, 0.2) is 23.0 Å². The Morgan fingerprint density at radius 1 is 0.791 bits per heavy atom. The smallest absolute Gasteiger partial charge is 0.240 e. The van der Waals surface area contributed by atoms with E-state index in [-0.39, 0.29) is 24.9 Å². The molecule has 5 heterocycles. The first-order valence-corrected chi connectivity index (χ1v) is 14.8. The Morgan fingerprint density at radius 2 is 1.49 bits per heavy atom. The Bertz CT molecular complexity index is 1910. The van der Waals surface area contributed by atoms with Crippen molar-refractivity contribution in [2.45, 2.75) is 19.2 Å². The van der Waals surface area contributed by atoms with Crippen molar-refractivity contribution in [2.75, 3.05) is 24.2 Å². The lowest BCUT2D eigenvalue weighted by Gasteiger charge is -2.23. The average molecular weight is 592 g/mol. The summed E-state index contributed by atoms with van der Waals surface area (Å²) >= 11 is 1.53. The first kappa shape index (κ1) is 25.7. The lowest BCUT2D eigenvalue weighted by molar-refractivity contribution is -0.115. The van der Waals surface area contributed by atoms with Gasteiger partial charge in [-0.2, -0.15) is 5.10 Å². The summed E-state index contributed by atoms with van der Waals surface area (Å²) in [6.07, 6.45) is 0. The minimum atomic E-state index is -0.337. The Kier molecular flexibility index (Phi) is 6.00. The van der Waals surface area contributed by atoms with Gasteiger partial charge in [0.05, 0.1) is 34.2 Å². The molecular weight excluding hydrogens is 566 g/mol. The van der Waals surface area contributed by atoms with Crippen LogP contribution in [-0.2, 0) is 4.79 Å². The quantitative estimate of drug-likeness (QED) is 0.249. The maximum Gasteiger partial charge on any atom is 0.240 e. The van der Waals surface area contributed by atoms with Crippen LogP contribution in [0.4, 0.5) is 5.95 Å². The number of benzene rings is 3. The number of anilines is 1. The third kappa shape index (κ3) is 4.35. The molecular formula is C32H25N5O5S. The molecule has 43 heavy (non-hydrogen) atoms. The van der Waals surface area contributed by atoms with Gasteiger partial charge in [-0.25, -0.2) is 14.6 Å². The molecule has 1 amide bonds. The van der Waals surface area contributed by atoms with Crippen molar-refractivity contribution in [2.24, 2.45) is 0 Å². The zero-order chi connectivity index (χ0) is 29.1. The van der Waals surface area contributed by atoms with E-state index in [1.165, 1.54) is 11.8 Å². The number of amides is 1. The van der Waals surface area contributed by atoms with Gasteiger partial charge in [0.25, 0.3) is 0 Å². The summed E-state index contributed by atoms with van der Waals surface area (Å²) in [6, 6.07) is 23.4. The van der Waals surface area contributed by atoms with Crippen LogP contribution >= 0.6 is 11.8 Å². The van der Waals surface area contributed by atoms with E-state index in [1.54, 1.807) is 4.90 Å². The molecule has 1 fully saturated rings. The van der Waals surface area contributed by atoms with Crippen molar-refractivity contribution in [1.82, 2.24) is 19.7 Å². The Hall–Kier alpha value is -5.03. The van der Waals surface area contributed by atoms with E-state index in [0.717, 1.165) is 33.8 Å². The first-order valence-electron chi connectivity index (χ1n) is 13.8. The van der Waals surface area contributed by atoms with Gasteiger partial charge >= 0.3 is 0 Å². The number of hydrogen-bond acceptors (Lipinski definition) is 9. The van der Waals surface area contributed by atoms with Crippen LogP contribution in [0.25, 0.3) is 28.2 Å². The predicted octanol–water partition coefficient (Wildman–Crippen LogP) is 5.85. The highest BCUT2D eigenvalue weighted by Crippen LogP contribution is 2.45. The summed E-state index contributed by atoms with van der Waals surface area (Å²) in [6.45, 7) is 4.35. The monoisotopic (exact) mass is 591 g/mol. The minimum Gasteiger partial charge on any atom is -0.454 e. The zero-order valence-corrected chi connectivity index (χ0v) is 24.1. The molecule has 1 saturated heterocycles. The molecule has 5 aromatic rings. The summed E-state index contributed by atoms with van der Waals surface area (Å²) in [4.78, 5) is 25.1. The molecule has 0 bridgehead atoms. The van der Waals surface area contributed by atoms with Crippen LogP contribution in [0.2, 0.25) is 0 Å². The summed E-state index contributed by atoms with van der Waals surface area (Å²) in [5.74, 6) is 3.22.